The third kappa shape index (κ3) is 4.33. The van der Waals surface area contributed by atoms with E-state index in [1.54, 1.807) is 30.3 Å². The first kappa shape index (κ1) is 18.9. The summed E-state index contributed by atoms with van der Waals surface area (Å²) in [7, 11) is -0.427. The molecule has 0 heterocycles. The largest absolute Gasteiger partial charge is 0.306 e. The average molecular weight is 371 g/mol. The molecule has 2 aromatic carbocycles. The molecule has 1 N–H and O–H groups in total. The van der Waals surface area contributed by atoms with Crippen molar-refractivity contribution in [2.45, 2.75) is 24.4 Å². The van der Waals surface area contributed by atoms with Gasteiger partial charge in [0.05, 0.1) is 9.92 Å². The summed E-state index contributed by atoms with van der Waals surface area (Å²) in [6.07, 6.45) is 0. The average Bonchev–Trinajstić information content (AvgIpc) is 2.55. The van der Waals surface area contributed by atoms with Gasteiger partial charge in [0.15, 0.2) is 0 Å². The van der Waals surface area contributed by atoms with E-state index in [1.807, 2.05) is 6.92 Å². The fourth-order valence-corrected chi connectivity index (χ4v) is 3.20. The fourth-order valence-electron chi connectivity index (χ4n) is 2.18. The minimum Gasteiger partial charge on any atom is -0.306 e. The molecule has 0 aliphatic rings. The maximum Gasteiger partial charge on any atom is 0.242 e. The second-order valence-corrected chi connectivity index (χ2v) is 8.27. The predicted octanol–water partition coefficient (Wildman–Crippen LogP) is 3.58. The molecule has 0 saturated carbocycles. The summed E-state index contributed by atoms with van der Waals surface area (Å²) in [5, 5.41) is 3.37. The molecule has 0 aliphatic heterocycles. The Bertz CT molecular complexity index is 808. The highest BCUT2D eigenvalue weighted by Gasteiger charge is 2.17. The molecule has 0 bridgehead atoms. The van der Waals surface area contributed by atoms with Crippen LogP contribution in [-0.4, -0.2) is 26.8 Å². The van der Waals surface area contributed by atoms with Crippen molar-refractivity contribution in [3.05, 3.63) is 64.4 Å². The second kappa shape index (κ2) is 7.61. The lowest BCUT2D eigenvalue weighted by molar-refractivity contribution is 0.520. The highest BCUT2D eigenvalue weighted by molar-refractivity contribution is 7.89. The monoisotopic (exact) mass is 370 g/mol. The molecule has 2 rings (SSSR count). The molecule has 1 atom stereocenters. The van der Waals surface area contributed by atoms with Crippen LogP contribution in [0.3, 0.4) is 0 Å². The normalized spacial score (nSPS) is 13.2. The van der Waals surface area contributed by atoms with Crippen LogP contribution in [0.1, 0.15) is 24.1 Å². The van der Waals surface area contributed by atoms with Crippen molar-refractivity contribution in [3.8, 4) is 0 Å². The molecule has 0 aromatic heterocycles. The topological polar surface area (TPSA) is 49.4 Å². The maximum atomic E-state index is 13.4. The zero-order valence-corrected chi connectivity index (χ0v) is 15.3. The van der Waals surface area contributed by atoms with Crippen molar-refractivity contribution in [3.63, 3.8) is 0 Å². The van der Waals surface area contributed by atoms with Crippen LogP contribution in [0.4, 0.5) is 4.39 Å². The van der Waals surface area contributed by atoms with Gasteiger partial charge in [-0.25, -0.2) is 17.1 Å². The van der Waals surface area contributed by atoms with Crippen LogP contribution >= 0.6 is 11.6 Å². The fraction of sp³-hybridized carbons (Fsp3) is 0.294. The smallest absolute Gasteiger partial charge is 0.242 e. The number of hydrogen-bond donors (Lipinski definition) is 1. The van der Waals surface area contributed by atoms with Crippen molar-refractivity contribution < 1.29 is 12.8 Å². The van der Waals surface area contributed by atoms with E-state index in [2.05, 4.69) is 5.32 Å². The van der Waals surface area contributed by atoms with E-state index in [0.29, 0.717) is 6.54 Å². The summed E-state index contributed by atoms with van der Waals surface area (Å²) in [5.74, 6) is -0.443. The molecular formula is C17H20ClFN2O2S. The van der Waals surface area contributed by atoms with E-state index in [9.17, 15) is 12.8 Å². The number of sulfonamides is 1. The zero-order valence-electron chi connectivity index (χ0n) is 13.8. The lowest BCUT2D eigenvalue weighted by atomic mass is 10.1. The standard InChI is InChI=1S/C17H20ClFN2O2S/c1-12(20-11-13-4-9-16(18)17(19)10-13)14-5-7-15(8-6-14)24(22,23)21(2)3/h4-10,12,20H,11H2,1-3H3. The second-order valence-electron chi connectivity index (χ2n) is 5.71. The Morgan fingerprint density at radius 3 is 2.33 bits per heavy atom. The SMILES string of the molecule is CC(NCc1ccc(Cl)c(F)c1)c1ccc(S(=O)(=O)N(C)C)cc1. The van der Waals surface area contributed by atoms with Gasteiger partial charge in [-0.1, -0.05) is 29.8 Å². The quantitative estimate of drug-likeness (QED) is 0.845. The summed E-state index contributed by atoms with van der Waals surface area (Å²) < 4.78 is 38.7. The maximum absolute atomic E-state index is 13.4. The number of nitrogens with zero attached hydrogens (tertiary/aromatic N) is 1. The Hall–Kier alpha value is -1.47. The molecule has 4 nitrogen and oxygen atoms in total. The predicted molar refractivity (Wildman–Crippen MR) is 94.0 cm³/mol. The molecule has 1 unspecified atom stereocenters. The van der Waals surface area contributed by atoms with Gasteiger partial charge in [-0.2, -0.15) is 0 Å². The van der Waals surface area contributed by atoms with Gasteiger partial charge in [0, 0.05) is 26.7 Å². The number of halogens is 2. The first-order valence-electron chi connectivity index (χ1n) is 7.41. The van der Waals surface area contributed by atoms with Crippen molar-refractivity contribution >= 4 is 21.6 Å². The highest BCUT2D eigenvalue weighted by atomic mass is 35.5. The van der Waals surface area contributed by atoms with Gasteiger partial charge in [0.2, 0.25) is 10.0 Å². The van der Waals surface area contributed by atoms with Crippen molar-refractivity contribution in [1.29, 1.82) is 0 Å². The van der Waals surface area contributed by atoms with E-state index in [-0.39, 0.29) is 16.0 Å². The number of hydrogen-bond acceptors (Lipinski definition) is 3. The van der Waals surface area contributed by atoms with Gasteiger partial charge in [-0.15, -0.1) is 0 Å². The van der Waals surface area contributed by atoms with Crippen LogP contribution in [-0.2, 0) is 16.6 Å². The number of nitrogens with one attached hydrogen (secondary N) is 1. The van der Waals surface area contributed by atoms with Crippen molar-refractivity contribution in [2.24, 2.45) is 0 Å². The summed E-state index contributed by atoms with van der Waals surface area (Å²) in [4.78, 5) is 0.253. The first-order chi connectivity index (χ1) is 11.2. The number of benzene rings is 2. The van der Waals surface area contributed by atoms with Crippen LogP contribution in [0.25, 0.3) is 0 Å². The van der Waals surface area contributed by atoms with Gasteiger partial charge in [0.1, 0.15) is 5.82 Å². The molecule has 130 valence electrons. The number of rotatable bonds is 6. The zero-order chi connectivity index (χ0) is 17.9. The van der Waals surface area contributed by atoms with Crippen molar-refractivity contribution in [2.75, 3.05) is 14.1 Å². The minimum absolute atomic E-state index is 0.0140. The summed E-state index contributed by atoms with van der Waals surface area (Å²) >= 11 is 5.67. The van der Waals surface area contributed by atoms with E-state index in [4.69, 9.17) is 11.6 Å². The first-order valence-corrected chi connectivity index (χ1v) is 9.23. The molecule has 0 radical (unpaired) electrons. The van der Waals surface area contributed by atoms with Crippen molar-refractivity contribution in [1.82, 2.24) is 9.62 Å². The van der Waals surface area contributed by atoms with Crippen LogP contribution in [0.5, 0.6) is 0 Å². The van der Waals surface area contributed by atoms with Crippen LogP contribution in [0.2, 0.25) is 5.02 Å². The molecule has 0 fully saturated rings. The van der Waals surface area contributed by atoms with Crippen LogP contribution < -0.4 is 5.32 Å². The van der Waals surface area contributed by atoms with Crippen LogP contribution in [0, 0.1) is 5.82 Å². The molecule has 0 saturated heterocycles. The highest BCUT2D eigenvalue weighted by Crippen LogP contribution is 2.19. The Morgan fingerprint density at radius 1 is 1.17 bits per heavy atom. The summed E-state index contributed by atoms with van der Waals surface area (Å²) in [5.41, 5.74) is 1.73. The third-order valence-corrected chi connectivity index (χ3v) is 5.89. The molecule has 7 heteroatoms. The van der Waals surface area contributed by atoms with Gasteiger partial charge < -0.3 is 5.32 Å². The lowest BCUT2D eigenvalue weighted by Crippen LogP contribution is -2.22. The molecule has 0 aliphatic carbocycles. The van der Waals surface area contributed by atoms with E-state index < -0.39 is 15.8 Å². The Morgan fingerprint density at radius 2 is 1.79 bits per heavy atom. The molecule has 0 spiro atoms. The van der Waals surface area contributed by atoms with Crippen LogP contribution in [0.15, 0.2) is 47.4 Å². The summed E-state index contributed by atoms with van der Waals surface area (Å²) in [6.45, 7) is 2.44. The Kier molecular flexibility index (Phi) is 5.98. The summed E-state index contributed by atoms with van der Waals surface area (Å²) in [6, 6.07) is 11.4. The molecule has 0 amide bonds. The third-order valence-electron chi connectivity index (χ3n) is 3.76. The molecule has 2 aromatic rings. The van der Waals surface area contributed by atoms with E-state index in [0.717, 1.165) is 11.1 Å². The van der Waals surface area contributed by atoms with Gasteiger partial charge in [0.25, 0.3) is 0 Å². The Labute approximate surface area is 147 Å². The van der Waals surface area contributed by atoms with E-state index in [1.165, 1.54) is 30.5 Å². The van der Waals surface area contributed by atoms with E-state index >= 15 is 0 Å². The minimum atomic E-state index is -3.42. The molecule has 24 heavy (non-hydrogen) atoms. The lowest BCUT2D eigenvalue weighted by Gasteiger charge is -2.16. The van der Waals surface area contributed by atoms with Gasteiger partial charge >= 0.3 is 0 Å². The van der Waals surface area contributed by atoms with Gasteiger partial charge in [-0.3, -0.25) is 0 Å². The Balaban J connectivity index is 2.05. The molecular weight excluding hydrogens is 351 g/mol. The van der Waals surface area contributed by atoms with Gasteiger partial charge in [-0.05, 0) is 42.3 Å².